The molecular weight excluding hydrogens is 380 g/mol. The molecule has 1 fully saturated rings. The number of benzene rings is 3. The second kappa shape index (κ2) is 8.13. The van der Waals surface area contributed by atoms with Gasteiger partial charge in [0.05, 0.1) is 17.7 Å². The number of carbonyl (C=O) groups is 1. The van der Waals surface area contributed by atoms with Crippen LogP contribution in [0.15, 0.2) is 76.6 Å². The van der Waals surface area contributed by atoms with Gasteiger partial charge in [-0.2, -0.15) is 0 Å². The Morgan fingerprint density at radius 3 is 2.34 bits per heavy atom. The van der Waals surface area contributed by atoms with Gasteiger partial charge in [-0.05, 0) is 60.8 Å². The van der Waals surface area contributed by atoms with Crippen molar-refractivity contribution in [1.29, 1.82) is 0 Å². The molecule has 0 spiro atoms. The van der Waals surface area contributed by atoms with Crippen LogP contribution in [0.1, 0.15) is 19.4 Å². The van der Waals surface area contributed by atoms with E-state index in [1.165, 1.54) is 11.8 Å². The first kappa shape index (κ1) is 19.3. The van der Waals surface area contributed by atoms with E-state index in [9.17, 15) is 4.79 Å². The number of rotatable bonds is 4. The molecule has 1 heterocycles. The minimum atomic E-state index is -0.0143. The Bertz CT molecular complexity index is 1120. The monoisotopic (exact) mass is 402 g/mol. The van der Waals surface area contributed by atoms with E-state index < -0.39 is 0 Å². The maximum absolute atomic E-state index is 13.1. The molecule has 146 valence electrons. The van der Waals surface area contributed by atoms with Crippen molar-refractivity contribution < 1.29 is 9.53 Å². The molecule has 29 heavy (non-hydrogen) atoms. The number of fused-ring (bicyclic) bond motifs is 1. The summed E-state index contributed by atoms with van der Waals surface area (Å²) in [5.41, 5.74) is 1.83. The van der Waals surface area contributed by atoms with Gasteiger partial charge in [0.15, 0.2) is 5.17 Å². The van der Waals surface area contributed by atoms with Crippen molar-refractivity contribution in [1.82, 2.24) is 4.90 Å². The number of para-hydroxylation sites is 1. The Morgan fingerprint density at radius 1 is 0.966 bits per heavy atom. The van der Waals surface area contributed by atoms with Crippen molar-refractivity contribution in [2.24, 2.45) is 4.99 Å². The molecule has 0 bridgehead atoms. The van der Waals surface area contributed by atoms with Gasteiger partial charge in [-0.15, -0.1) is 0 Å². The maximum Gasteiger partial charge on any atom is 0.266 e. The van der Waals surface area contributed by atoms with Crippen LogP contribution in [0.25, 0.3) is 16.8 Å². The van der Waals surface area contributed by atoms with E-state index in [0.717, 1.165) is 27.8 Å². The number of methoxy groups -OCH3 is 1. The van der Waals surface area contributed by atoms with Crippen LogP contribution >= 0.6 is 11.8 Å². The summed E-state index contributed by atoms with van der Waals surface area (Å²) < 4.78 is 5.49. The van der Waals surface area contributed by atoms with Crippen LogP contribution in [-0.2, 0) is 4.79 Å². The molecule has 5 heteroatoms. The van der Waals surface area contributed by atoms with Crippen molar-refractivity contribution in [2.45, 2.75) is 19.9 Å². The molecule has 0 unspecified atom stereocenters. The number of hydrogen-bond acceptors (Lipinski definition) is 4. The summed E-state index contributed by atoms with van der Waals surface area (Å²) in [4.78, 5) is 20.3. The Balaban J connectivity index is 1.78. The van der Waals surface area contributed by atoms with Gasteiger partial charge in [0.1, 0.15) is 5.75 Å². The van der Waals surface area contributed by atoms with Crippen LogP contribution < -0.4 is 4.74 Å². The highest BCUT2D eigenvalue weighted by atomic mass is 32.2. The predicted octanol–water partition coefficient (Wildman–Crippen LogP) is 5.86. The van der Waals surface area contributed by atoms with Crippen molar-refractivity contribution in [3.8, 4) is 5.75 Å². The number of hydrogen-bond donors (Lipinski definition) is 0. The molecule has 4 rings (SSSR count). The molecule has 1 aliphatic heterocycles. The fourth-order valence-electron chi connectivity index (χ4n) is 3.37. The van der Waals surface area contributed by atoms with E-state index in [-0.39, 0.29) is 11.9 Å². The zero-order valence-corrected chi connectivity index (χ0v) is 17.4. The van der Waals surface area contributed by atoms with E-state index in [2.05, 4.69) is 0 Å². The lowest BCUT2D eigenvalue weighted by Crippen LogP contribution is -2.35. The van der Waals surface area contributed by atoms with Crippen molar-refractivity contribution in [2.75, 3.05) is 7.11 Å². The van der Waals surface area contributed by atoms with Gasteiger partial charge in [-0.3, -0.25) is 9.69 Å². The summed E-state index contributed by atoms with van der Waals surface area (Å²) >= 11 is 1.42. The minimum absolute atomic E-state index is 0.0143. The second-order valence-corrected chi connectivity index (χ2v) is 8.02. The lowest BCUT2D eigenvalue weighted by molar-refractivity contribution is -0.123. The van der Waals surface area contributed by atoms with Crippen LogP contribution in [0.5, 0.6) is 5.75 Å². The zero-order chi connectivity index (χ0) is 20.4. The highest BCUT2D eigenvalue weighted by molar-refractivity contribution is 8.18. The van der Waals surface area contributed by atoms with Crippen molar-refractivity contribution in [3.05, 3.63) is 77.2 Å². The second-order valence-electron chi connectivity index (χ2n) is 7.01. The Hall–Kier alpha value is -3.05. The third-order valence-electron chi connectivity index (χ3n) is 4.76. The SMILES string of the molecule is COc1ccc(C=C2SC(=Nc3ccccc3)N(C(C)C)C2=O)c2ccccc12. The zero-order valence-electron chi connectivity index (χ0n) is 16.6. The van der Waals surface area contributed by atoms with Gasteiger partial charge in [0.25, 0.3) is 5.91 Å². The van der Waals surface area contributed by atoms with Crippen LogP contribution in [-0.4, -0.2) is 29.1 Å². The number of nitrogens with zero attached hydrogens (tertiary/aromatic N) is 2. The first-order valence-corrected chi connectivity index (χ1v) is 10.3. The van der Waals surface area contributed by atoms with E-state index in [1.54, 1.807) is 12.0 Å². The molecule has 4 nitrogen and oxygen atoms in total. The van der Waals surface area contributed by atoms with E-state index >= 15 is 0 Å². The maximum atomic E-state index is 13.1. The summed E-state index contributed by atoms with van der Waals surface area (Å²) in [6.07, 6.45) is 1.96. The number of amidine groups is 1. The Labute approximate surface area is 174 Å². The predicted molar refractivity (Wildman–Crippen MR) is 122 cm³/mol. The van der Waals surface area contributed by atoms with Gasteiger partial charge < -0.3 is 4.74 Å². The van der Waals surface area contributed by atoms with Gasteiger partial charge >= 0.3 is 0 Å². The quantitative estimate of drug-likeness (QED) is 0.513. The van der Waals surface area contributed by atoms with Crippen LogP contribution in [0, 0.1) is 0 Å². The summed E-state index contributed by atoms with van der Waals surface area (Å²) in [5, 5.41) is 2.79. The van der Waals surface area contributed by atoms with Crippen LogP contribution in [0.4, 0.5) is 5.69 Å². The molecule has 0 aromatic heterocycles. The fourth-order valence-corrected chi connectivity index (χ4v) is 4.48. The first-order chi connectivity index (χ1) is 14.1. The van der Waals surface area contributed by atoms with E-state index in [1.807, 2.05) is 86.7 Å². The lowest BCUT2D eigenvalue weighted by atomic mass is 10.0. The molecule has 0 aliphatic carbocycles. The topological polar surface area (TPSA) is 41.9 Å². The van der Waals surface area contributed by atoms with Crippen LogP contribution in [0.2, 0.25) is 0 Å². The lowest BCUT2D eigenvalue weighted by Gasteiger charge is -2.19. The minimum Gasteiger partial charge on any atom is -0.496 e. The van der Waals surface area contributed by atoms with Gasteiger partial charge in [0.2, 0.25) is 0 Å². The fraction of sp³-hybridized carbons (Fsp3) is 0.167. The molecule has 1 amide bonds. The molecule has 3 aromatic carbocycles. The molecule has 0 radical (unpaired) electrons. The standard InChI is InChI=1S/C24H22N2O2S/c1-16(2)26-23(27)22(29-24(26)25-18-9-5-4-6-10-18)15-17-13-14-21(28-3)20-12-8-7-11-19(17)20/h4-16H,1-3H3. The van der Waals surface area contributed by atoms with E-state index in [0.29, 0.717) is 10.1 Å². The molecule has 1 saturated heterocycles. The highest BCUT2D eigenvalue weighted by Crippen LogP contribution is 2.37. The smallest absolute Gasteiger partial charge is 0.266 e. The molecule has 1 aliphatic rings. The number of aliphatic imine (C=N–C) groups is 1. The molecule has 0 atom stereocenters. The summed E-state index contributed by atoms with van der Waals surface area (Å²) in [7, 11) is 1.67. The average Bonchev–Trinajstić information content (AvgIpc) is 3.04. The van der Waals surface area contributed by atoms with Crippen LogP contribution in [0.3, 0.4) is 0 Å². The summed E-state index contributed by atoms with van der Waals surface area (Å²) in [6.45, 7) is 4.01. The Morgan fingerprint density at radius 2 is 1.66 bits per heavy atom. The Kier molecular flexibility index (Phi) is 5.41. The van der Waals surface area contributed by atoms with Gasteiger partial charge in [0, 0.05) is 11.4 Å². The average molecular weight is 403 g/mol. The highest BCUT2D eigenvalue weighted by Gasteiger charge is 2.35. The molecule has 0 saturated carbocycles. The number of amides is 1. The van der Waals surface area contributed by atoms with Crippen molar-refractivity contribution in [3.63, 3.8) is 0 Å². The number of ether oxygens (including phenoxy) is 1. The molecule has 3 aromatic rings. The first-order valence-electron chi connectivity index (χ1n) is 9.51. The molecular formula is C24H22N2O2S. The number of carbonyl (C=O) groups excluding carboxylic acids is 1. The summed E-state index contributed by atoms with van der Waals surface area (Å²) in [6, 6.07) is 21.7. The third kappa shape index (κ3) is 3.78. The third-order valence-corrected chi connectivity index (χ3v) is 5.74. The molecule has 0 N–H and O–H groups in total. The largest absolute Gasteiger partial charge is 0.496 e. The normalized spacial score (nSPS) is 17.1. The van der Waals surface area contributed by atoms with Gasteiger partial charge in [-0.1, -0.05) is 48.5 Å². The van der Waals surface area contributed by atoms with E-state index in [4.69, 9.17) is 9.73 Å². The summed E-state index contributed by atoms with van der Waals surface area (Å²) in [5.74, 6) is 0.808. The van der Waals surface area contributed by atoms with Crippen molar-refractivity contribution >= 4 is 45.4 Å². The number of thioether (sulfide) groups is 1. The van der Waals surface area contributed by atoms with Gasteiger partial charge in [-0.25, -0.2) is 4.99 Å².